The normalized spacial score (nSPS) is 11.0. The lowest BCUT2D eigenvalue weighted by molar-refractivity contribution is 0.0946. The third kappa shape index (κ3) is 3.40. The Bertz CT molecular complexity index is 955. The molecule has 0 fully saturated rings. The Labute approximate surface area is 153 Å². The molecule has 0 atom stereocenters. The number of nitrogens with one attached hydrogen (secondary N) is 1. The minimum absolute atomic E-state index is 0.148. The van der Waals surface area contributed by atoms with Crippen molar-refractivity contribution in [2.45, 2.75) is 27.7 Å². The Morgan fingerprint density at radius 1 is 1.15 bits per heavy atom. The third-order valence-corrected chi connectivity index (χ3v) is 4.48. The zero-order valence-corrected chi connectivity index (χ0v) is 15.9. The van der Waals surface area contributed by atoms with Gasteiger partial charge in [-0.1, -0.05) is 18.2 Å². The van der Waals surface area contributed by atoms with Gasteiger partial charge >= 0.3 is 0 Å². The van der Waals surface area contributed by atoms with E-state index >= 15 is 0 Å². The van der Waals surface area contributed by atoms with E-state index in [2.05, 4.69) is 15.4 Å². The van der Waals surface area contributed by atoms with Gasteiger partial charge in [-0.25, -0.2) is 4.98 Å². The fraction of sp³-hybridized carbons (Fsp3) is 0.350. The standard InChI is InChI=1S/C20H24N4O2/c1-12-7-6-8-13(2)18(12)26-10-9-21-20(25)17-11-16-15(4)23-24(5)19(16)22-14(17)3/h6-8,11H,9-10H2,1-5H3,(H,21,25). The zero-order chi connectivity index (χ0) is 18.8. The van der Waals surface area contributed by atoms with Crippen LogP contribution in [0.2, 0.25) is 0 Å². The minimum Gasteiger partial charge on any atom is -0.491 e. The van der Waals surface area contributed by atoms with E-state index < -0.39 is 0 Å². The fourth-order valence-electron chi connectivity index (χ4n) is 3.10. The number of aromatic nitrogens is 3. The Morgan fingerprint density at radius 2 is 1.85 bits per heavy atom. The average molecular weight is 352 g/mol. The van der Waals surface area contributed by atoms with Gasteiger partial charge in [-0.15, -0.1) is 0 Å². The molecule has 0 saturated carbocycles. The molecule has 26 heavy (non-hydrogen) atoms. The van der Waals surface area contributed by atoms with Crippen LogP contribution in [0.25, 0.3) is 11.0 Å². The second-order valence-electron chi connectivity index (χ2n) is 6.53. The van der Waals surface area contributed by atoms with Gasteiger partial charge in [0.1, 0.15) is 12.4 Å². The van der Waals surface area contributed by atoms with E-state index in [-0.39, 0.29) is 5.91 Å². The minimum atomic E-state index is -0.148. The number of para-hydroxylation sites is 1. The number of carbonyl (C=O) groups is 1. The lowest BCUT2D eigenvalue weighted by Gasteiger charge is -2.13. The van der Waals surface area contributed by atoms with Gasteiger partial charge in [-0.3, -0.25) is 9.48 Å². The SMILES string of the molecule is Cc1cccc(C)c1OCCNC(=O)c1cc2c(C)nn(C)c2nc1C. The highest BCUT2D eigenvalue weighted by molar-refractivity contribution is 5.98. The summed E-state index contributed by atoms with van der Waals surface area (Å²) in [7, 11) is 1.85. The number of hydrogen-bond acceptors (Lipinski definition) is 4. The molecule has 2 heterocycles. The second-order valence-corrected chi connectivity index (χ2v) is 6.53. The Kier molecular flexibility index (Phi) is 4.93. The number of ether oxygens (including phenoxy) is 1. The van der Waals surface area contributed by atoms with Crippen LogP contribution in [0.5, 0.6) is 5.75 Å². The number of pyridine rings is 1. The van der Waals surface area contributed by atoms with Crippen molar-refractivity contribution in [3.8, 4) is 5.75 Å². The van der Waals surface area contributed by atoms with Crippen LogP contribution in [0.4, 0.5) is 0 Å². The van der Waals surface area contributed by atoms with E-state index in [0.717, 1.165) is 33.6 Å². The number of fused-ring (bicyclic) bond motifs is 1. The Balaban J connectivity index is 1.66. The molecule has 6 heteroatoms. The van der Waals surface area contributed by atoms with E-state index in [0.29, 0.717) is 24.4 Å². The summed E-state index contributed by atoms with van der Waals surface area (Å²) in [4.78, 5) is 17.1. The van der Waals surface area contributed by atoms with Crippen LogP contribution in [0.1, 0.15) is 32.9 Å². The van der Waals surface area contributed by atoms with Crippen LogP contribution < -0.4 is 10.1 Å². The van der Waals surface area contributed by atoms with Gasteiger partial charge < -0.3 is 10.1 Å². The lowest BCUT2D eigenvalue weighted by atomic mass is 10.1. The molecule has 0 unspecified atom stereocenters. The number of aryl methyl sites for hydroxylation is 5. The van der Waals surface area contributed by atoms with Crippen LogP contribution in [-0.2, 0) is 7.05 Å². The number of amides is 1. The molecule has 0 bridgehead atoms. The number of nitrogens with zero attached hydrogens (tertiary/aromatic N) is 3. The predicted octanol–water partition coefficient (Wildman–Crippen LogP) is 3.01. The molecule has 0 aliphatic rings. The van der Waals surface area contributed by atoms with Crippen molar-refractivity contribution >= 4 is 16.9 Å². The van der Waals surface area contributed by atoms with Crippen molar-refractivity contribution in [2.24, 2.45) is 7.05 Å². The van der Waals surface area contributed by atoms with Crippen molar-refractivity contribution in [3.63, 3.8) is 0 Å². The summed E-state index contributed by atoms with van der Waals surface area (Å²) in [5.74, 6) is 0.734. The van der Waals surface area contributed by atoms with Crippen LogP contribution in [0, 0.1) is 27.7 Å². The van der Waals surface area contributed by atoms with E-state index in [9.17, 15) is 4.79 Å². The molecule has 0 aliphatic heterocycles. The van der Waals surface area contributed by atoms with Crippen molar-refractivity contribution in [1.29, 1.82) is 0 Å². The maximum absolute atomic E-state index is 12.5. The van der Waals surface area contributed by atoms with Crippen molar-refractivity contribution in [2.75, 3.05) is 13.2 Å². The second kappa shape index (κ2) is 7.15. The lowest BCUT2D eigenvalue weighted by Crippen LogP contribution is -2.29. The van der Waals surface area contributed by atoms with Gasteiger partial charge in [0.2, 0.25) is 0 Å². The Morgan fingerprint density at radius 3 is 2.54 bits per heavy atom. The summed E-state index contributed by atoms with van der Waals surface area (Å²) < 4.78 is 7.57. The quantitative estimate of drug-likeness (QED) is 0.717. The molecule has 0 radical (unpaired) electrons. The molecular formula is C20H24N4O2. The summed E-state index contributed by atoms with van der Waals surface area (Å²) in [6, 6.07) is 7.90. The first-order chi connectivity index (χ1) is 12.4. The first kappa shape index (κ1) is 17.9. The summed E-state index contributed by atoms with van der Waals surface area (Å²) in [5, 5.41) is 8.17. The maximum Gasteiger partial charge on any atom is 0.253 e. The molecular weight excluding hydrogens is 328 g/mol. The molecule has 1 amide bonds. The molecule has 0 spiro atoms. The fourth-order valence-corrected chi connectivity index (χ4v) is 3.10. The molecule has 136 valence electrons. The van der Waals surface area contributed by atoms with Crippen molar-refractivity contribution in [1.82, 2.24) is 20.1 Å². The monoisotopic (exact) mass is 352 g/mol. The van der Waals surface area contributed by atoms with Crippen LogP contribution in [-0.4, -0.2) is 33.8 Å². The number of hydrogen-bond donors (Lipinski definition) is 1. The molecule has 3 rings (SSSR count). The summed E-state index contributed by atoms with van der Waals surface area (Å²) in [6.45, 7) is 8.63. The number of carbonyl (C=O) groups excluding carboxylic acids is 1. The van der Waals surface area contributed by atoms with Crippen LogP contribution in [0.3, 0.4) is 0 Å². The summed E-state index contributed by atoms with van der Waals surface area (Å²) >= 11 is 0. The largest absolute Gasteiger partial charge is 0.491 e. The number of rotatable bonds is 5. The van der Waals surface area contributed by atoms with Gasteiger partial charge in [-0.05, 0) is 44.9 Å². The van der Waals surface area contributed by atoms with E-state index in [1.54, 1.807) is 4.68 Å². The highest BCUT2D eigenvalue weighted by Gasteiger charge is 2.15. The van der Waals surface area contributed by atoms with Gasteiger partial charge in [0.05, 0.1) is 23.5 Å². The highest BCUT2D eigenvalue weighted by atomic mass is 16.5. The average Bonchev–Trinajstić information content (AvgIpc) is 2.86. The first-order valence-electron chi connectivity index (χ1n) is 8.66. The molecule has 0 saturated heterocycles. The maximum atomic E-state index is 12.5. The number of benzene rings is 1. The molecule has 6 nitrogen and oxygen atoms in total. The summed E-state index contributed by atoms with van der Waals surface area (Å²) in [5.41, 5.74) is 5.09. The van der Waals surface area contributed by atoms with E-state index in [1.165, 1.54) is 0 Å². The molecule has 1 N–H and O–H groups in total. The van der Waals surface area contributed by atoms with E-state index in [1.807, 2.05) is 59.0 Å². The predicted molar refractivity (Wildman–Crippen MR) is 102 cm³/mol. The topological polar surface area (TPSA) is 69.0 Å². The van der Waals surface area contributed by atoms with Gasteiger partial charge in [0.15, 0.2) is 5.65 Å². The van der Waals surface area contributed by atoms with Gasteiger partial charge in [0, 0.05) is 12.4 Å². The molecule has 3 aromatic rings. The Hall–Kier alpha value is -2.89. The molecule has 0 aliphatic carbocycles. The van der Waals surface area contributed by atoms with Crippen LogP contribution in [0.15, 0.2) is 24.3 Å². The third-order valence-electron chi connectivity index (χ3n) is 4.48. The first-order valence-corrected chi connectivity index (χ1v) is 8.66. The van der Waals surface area contributed by atoms with Gasteiger partial charge in [0.25, 0.3) is 5.91 Å². The summed E-state index contributed by atoms with van der Waals surface area (Å²) in [6.07, 6.45) is 0. The zero-order valence-electron chi connectivity index (χ0n) is 15.9. The van der Waals surface area contributed by atoms with Crippen molar-refractivity contribution < 1.29 is 9.53 Å². The van der Waals surface area contributed by atoms with E-state index in [4.69, 9.17) is 4.74 Å². The van der Waals surface area contributed by atoms with Gasteiger partial charge in [-0.2, -0.15) is 5.10 Å². The molecule has 2 aromatic heterocycles. The van der Waals surface area contributed by atoms with Crippen molar-refractivity contribution in [3.05, 3.63) is 52.3 Å². The highest BCUT2D eigenvalue weighted by Crippen LogP contribution is 2.22. The molecule has 1 aromatic carbocycles. The van der Waals surface area contributed by atoms with Crippen LogP contribution >= 0.6 is 0 Å². The smallest absolute Gasteiger partial charge is 0.253 e.